The topological polar surface area (TPSA) is 12.0 Å². The van der Waals surface area contributed by atoms with Gasteiger partial charge < -0.3 is 5.32 Å². The van der Waals surface area contributed by atoms with Gasteiger partial charge in [-0.05, 0) is 43.9 Å². The van der Waals surface area contributed by atoms with Gasteiger partial charge in [0.25, 0.3) is 0 Å². The predicted octanol–water partition coefficient (Wildman–Crippen LogP) is 3.23. The summed E-state index contributed by atoms with van der Waals surface area (Å²) in [6, 6.07) is 9.31. The second-order valence-corrected chi connectivity index (χ2v) is 4.15. The molecule has 0 amide bonds. The maximum absolute atomic E-state index is 3.43. The minimum atomic E-state index is 0.529. The molecule has 2 rings (SSSR count). The van der Waals surface area contributed by atoms with Gasteiger partial charge in [-0.15, -0.1) is 0 Å². The minimum absolute atomic E-state index is 0.529. The summed E-state index contributed by atoms with van der Waals surface area (Å²) in [6.07, 6.45) is 9.42. The van der Waals surface area contributed by atoms with E-state index in [-0.39, 0.29) is 0 Å². The van der Waals surface area contributed by atoms with Gasteiger partial charge in [0.1, 0.15) is 0 Å². The van der Waals surface area contributed by atoms with Crippen LogP contribution in [0.1, 0.15) is 36.4 Å². The molecule has 0 spiro atoms. The van der Waals surface area contributed by atoms with E-state index in [1.165, 1.54) is 30.4 Å². The van der Waals surface area contributed by atoms with Crippen LogP contribution in [0.4, 0.5) is 0 Å². The molecule has 0 saturated heterocycles. The van der Waals surface area contributed by atoms with Crippen LogP contribution in [0, 0.1) is 0 Å². The van der Waals surface area contributed by atoms with Gasteiger partial charge in [-0.1, -0.05) is 36.4 Å². The average Bonchev–Trinajstić information content (AvgIpc) is 2.38. The Hall–Kier alpha value is -1.08. The normalized spacial score (nSPS) is 23.4. The van der Waals surface area contributed by atoms with Crippen molar-refractivity contribution in [1.82, 2.24) is 5.32 Å². The highest BCUT2D eigenvalue weighted by atomic mass is 14.9. The fraction of sp³-hybridized carbons (Fsp3) is 0.429. The third-order valence-corrected chi connectivity index (χ3v) is 3.15. The molecular weight excluding hydrogens is 182 g/mol. The molecule has 1 nitrogen and oxygen atoms in total. The fourth-order valence-electron chi connectivity index (χ4n) is 2.28. The van der Waals surface area contributed by atoms with Crippen molar-refractivity contribution in [3.63, 3.8) is 0 Å². The van der Waals surface area contributed by atoms with Gasteiger partial charge in [-0.25, -0.2) is 0 Å². The second kappa shape index (κ2) is 5.13. The lowest BCUT2D eigenvalue weighted by atomic mass is 9.96. The van der Waals surface area contributed by atoms with Crippen molar-refractivity contribution < 1.29 is 0 Å². The molecule has 0 radical (unpaired) electrons. The van der Waals surface area contributed by atoms with E-state index in [1.54, 1.807) is 0 Å². The zero-order valence-electron chi connectivity index (χ0n) is 9.37. The van der Waals surface area contributed by atoms with Crippen molar-refractivity contribution in [1.29, 1.82) is 0 Å². The molecule has 1 aliphatic rings. The molecule has 80 valence electrons. The Balaban J connectivity index is 2.33. The molecular formula is C14H19N. The van der Waals surface area contributed by atoms with E-state index >= 15 is 0 Å². The number of nitrogens with one attached hydrogen (secondary N) is 1. The fourth-order valence-corrected chi connectivity index (χ4v) is 2.28. The lowest BCUT2D eigenvalue weighted by Gasteiger charge is -2.18. The monoisotopic (exact) mass is 201 g/mol. The Morgan fingerprint density at radius 3 is 2.93 bits per heavy atom. The first-order valence-corrected chi connectivity index (χ1v) is 5.82. The largest absolute Gasteiger partial charge is 0.313 e. The minimum Gasteiger partial charge on any atom is -0.313 e. The SMILES string of the molecule is CNC1CCC/C=C\Cc2ccccc21. The van der Waals surface area contributed by atoms with Crippen molar-refractivity contribution in [2.75, 3.05) is 7.05 Å². The molecule has 0 fully saturated rings. The molecule has 1 aromatic rings. The molecule has 1 aliphatic carbocycles. The Morgan fingerprint density at radius 2 is 2.07 bits per heavy atom. The Kier molecular flexibility index (Phi) is 3.57. The lowest BCUT2D eigenvalue weighted by Crippen LogP contribution is -2.17. The number of hydrogen-bond acceptors (Lipinski definition) is 1. The van der Waals surface area contributed by atoms with Crippen LogP contribution >= 0.6 is 0 Å². The van der Waals surface area contributed by atoms with Gasteiger partial charge in [-0.3, -0.25) is 0 Å². The number of hydrogen-bond donors (Lipinski definition) is 1. The Bertz CT molecular complexity index is 341. The summed E-state index contributed by atoms with van der Waals surface area (Å²) in [6.45, 7) is 0. The van der Waals surface area contributed by atoms with Crippen LogP contribution in [0.25, 0.3) is 0 Å². The van der Waals surface area contributed by atoms with Crippen molar-refractivity contribution in [3.05, 3.63) is 47.5 Å². The Labute approximate surface area is 92.2 Å². The van der Waals surface area contributed by atoms with E-state index < -0.39 is 0 Å². The third-order valence-electron chi connectivity index (χ3n) is 3.15. The molecule has 0 saturated carbocycles. The van der Waals surface area contributed by atoms with Crippen LogP contribution in [-0.4, -0.2) is 7.05 Å². The summed E-state index contributed by atoms with van der Waals surface area (Å²) in [5.41, 5.74) is 2.95. The number of fused-ring (bicyclic) bond motifs is 1. The van der Waals surface area contributed by atoms with Crippen molar-refractivity contribution >= 4 is 0 Å². The zero-order valence-corrected chi connectivity index (χ0v) is 9.37. The third kappa shape index (κ3) is 2.48. The highest BCUT2D eigenvalue weighted by molar-refractivity contribution is 5.32. The first-order chi connectivity index (χ1) is 7.42. The molecule has 1 N–H and O–H groups in total. The standard InChI is InChI=1S/C14H19N/c1-15-14-11-5-3-2-4-8-12-9-6-7-10-13(12)14/h2,4,6-7,9-10,14-15H,3,5,8,11H2,1H3/b4-2-. The average molecular weight is 201 g/mol. The predicted molar refractivity (Wildman–Crippen MR) is 64.9 cm³/mol. The summed E-state index contributed by atoms with van der Waals surface area (Å²) < 4.78 is 0. The van der Waals surface area contributed by atoms with Crippen LogP contribution in [0.15, 0.2) is 36.4 Å². The van der Waals surface area contributed by atoms with Gasteiger partial charge in [0.15, 0.2) is 0 Å². The first-order valence-electron chi connectivity index (χ1n) is 5.82. The summed E-state index contributed by atoms with van der Waals surface area (Å²) in [5, 5.41) is 3.43. The maximum Gasteiger partial charge on any atom is 0.0320 e. The lowest BCUT2D eigenvalue weighted by molar-refractivity contribution is 0.529. The van der Waals surface area contributed by atoms with E-state index in [0.29, 0.717) is 6.04 Å². The molecule has 1 aromatic carbocycles. The number of allylic oxidation sites excluding steroid dienone is 2. The summed E-state index contributed by atoms with van der Waals surface area (Å²) in [5.74, 6) is 0. The highest BCUT2D eigenvalue weighted by Gasteiger charge is 2.12. The van der Waals surface area contributed by atoms with E-state index in [1.807, 2.05) is 0 Å². The molecule has 0 bridgehead atoms. The van der Waals surface area contributed by atoms with Gasteiger partial charge >= 0.3 is 0 Å². The van der Waals surface area contributed by atoms with Gasteiger partial charge in [-0.2, -0.15) is 0 Å². The van der Waals surface area contributed by atoms with Gasteiger partial charge in [0.2, 0.25) is 0 Å². The van der Waals surface area contributed by atoms with Crippen molar-refractivity contribution in [2.45, 2.75) is 31.7 Å². The molecule has 1 unspecified atom stereocenters. The zero-order chi connectivity index (χ0) is 10.5. The maximum atomic E-state index is 3.43. The Morgan fingerprint density at radius 1 is 1.20 bits per heavy atom. The van der Waals surface area contributed by atoms with Crippen molar-refractivity contribution in [3.8, 4) is 0 Å². The van der Waals surface area contributed by atoms with Gasteiger partial charge in [0, 0.05) is 6.04 Å². The van der Waals surface area contributed by atoms with Crippen LogP contribution in [0.5, 0.6) is 0 Å². The van der Waals surface area contributed by atoms with Gasteiger partial charge in [0.05, 0.1) is 0 Å². The van der Waals surface area contributed by atoms with E-state index in [9.17, 15) is 0 Å². The first kappa shape index (κ1) is 10.4. The van der Waals surface area contributed by atoms with Crippen LogP contribution in [0.3, 0.4) is 0 Å². The smallest absolute Gasteiger partial charge is 0.0320 e. The van der Waals surface area contributed by atoms with Crippen molar-refractivity contribution in [2.24, 2.45) is 0 Å². The molecule has 15 heavy (non-hydrogen) atoms. The molecule has 1 heteroatoms. The molecule has 0 aliphatic heterocycles. The highest BCUT2D eigenvalue weighted by Crippen LogP contribution is 2.24. The summed E-state index contributed by atoms with van der Waals surface area (Å²) in [4.78, 5) is 0. The van der Waals surface area contributed by atoms with E-state index in [0.717, 1.165) is 6.42 Å². The summed E-state index contributed by atoms with van der Waals surface area (Å²) in [7, 11) is 2.06. The van der Waals surface area contributed by atoms with E-state index in [2.05, 4.69) is 48.8 Å². The van der Waals surface area contributed by atoms with E-state index in [4.69, 9.17) is 0 Å². The number of rotatable bonds is 1. The number of benzene rings is 1. The quantitative estimate of drug-likeness (QED) is 0.688. The summed E-state index contributed by atoms with van der Waals surface area (Å²) >= 11 is 0. The van der Waals surface area contributed by atoms with Crippen LogP contribution < -0.4 is 5.32 Å². The molecule has 0 aromatic heterocycles. The molecule has 1 atom stereocenters. The van der Waals surface area contributed by atoms with Crippen LogP contribution in [-0.2, 0) is 6.42 Å². The van der Waals surface area contributed by atoms with Crippen LogP contribution in [0.2, 0.25) is 0 Å². The second-order valence-electron chi connectivity index (χ2n) is 4.15. The molecule has 0 heterocycles.